The molecule has 1 aliphatic rings. The molecule has 1 atom stereocenters. The monoisotopic (exact) mass is 246 g/mol. The van der Waals surface area contributed by atoms with Gasteiger partial charge in [0.05, 0.1) is 0 Å². The van der Waals surface area contributed by atoms with E-state index in [2.05, 4.69) is 40.1 Å². The fourth-order valence-electron chi connectivity index (χ4n) is 2.42. The van der Waals surface area contributed by atoms with Gasteiger partial charge in [0.15, 0.2) is 0 Å². The minimum Gasteiger partial charge on any atom is -0.303 e. The maximum Gasteiger partial charge on any atom is 0.124 e. The Morgan fingerprint density at radius 3 is 2.33 bits per heavy atom. The summed E-state index contributed by atoms with van der Waals surface area (Å²) in [7, 11) is 0. The first-order chi connectivity index (χ1) is 8.78. The van der Waals surface area contributed by atoms with Crippen LogP contribution >= 0.6 is 0 Å². The largest absolute Gasteiger partial charge is 0.303 e. The van der Waals surface area contributed by atoms with Gasteiger partial charge in [-0.05, 0) is 5.56 Å². The van der Waals surface area contributed by atoms with E-state index >= 15 is 0 Å². The van der Waals surface area contributed by atoms with E-state index in [9.17, 15) is 4.79 Å². The first kappa shape index (κ1) is 13.2. The summed E-state index contributed by atoms with van der Waals surface area (Å²) in [6.45, 7) is 8.28. The molecule has 0 amide bonds. The van der Waals surface area contributed by atoms with Crippen LogP contribution < -0.4 is 0 Å². The van der Waals surface area contributed by atoms with Gasteiger partial charge in [-0.1, -0.05) is 37.3 Å². The minimum absolute atomic E-state index is 0.158. The Hall–Kier alpha value is -1.19. The highest BCUT2D eigenvalue weighted by Gasteiger charge is 2.18. The predicted molar refractivity (Wildman–Crippen MR) is 73.4 cm³/mol. The smallest absolute Gasteiger partial charge is 0.124 e. The van der Waals surface area contributed by atoms with Crippen LogP contribution in [0.15, 0.2) is 30.3 Å². The lowest BCUT2D eigenvalue weighted by Crippen LogP contribution is -2.47. The predicted octanol–water partition coefficient (Wildman–Crippen LogP) is 1.64. The topological polar surface area (TPSA) is 23.6 Å². The highest BCUT2D eigenvalue weighted by Crippen LogP contribution is 2.09. The fourth-order valence-corrected chi connectivity index (χ4v) is 2.42. The molecule has 1 saturated heterocycles. The van der Waals surface area contributed by atoms with Gasteiger partial charge in [0.1, 0.15) is 6.29 Å². The van der Waals surface area contributed by atoms with E-state index in [0.717, 1.165) is 45.6 Å². The molecule has 0 radical (unpaired) electrons. The Morgan fingerprint density at radius 2 is 1.72 bits per heavy atom. The molecule has 0 aliphatic carbocycles. The van der Waals surface area contributed by atoms with Crippen LogP contribution in [0.25, 0.3) is 0 Å². The van der Waals surface area contributed by atoms with Gasteiger partial charge in [-0.2, -0.15) is 0 Å². The summed E-state index contributed by atoms with van der Waals surface area (Å²) >= 11 is 0. The van der Waals surface area contributed by atoms with Crippen molar-refractivity contribution in [1.29, 1.82) is 0 Å². The quantitative estimate of drug-likeness (QED) is 0.738. The second-order valence-electron chi connectivity index (χ2n) is 5.18. The molecule has 0 N–H and O–H groups in total. The van der Waals surface area contributed by atoms with Gasteiger partial charge in [0, 0.05) is 45.2 Å². The van der Waals surface area contributed by atoms with Crippen molar-refractivity contribution in [3.8, 4) is 0 Å². The van der Waals surface area contributed by atoms with Gasteiger partial charge >= 0.3 is 0 Å². The van der Waals surface area contributed by atoms with E-state index in [4.69, 9.17) is 0 Å². The maximum atomic E-state index is 10.6. The van der Waals surface area contributed by atoms with Crippen molar-refractivity contribution < 1.29 is 4.79 Å². The Bertz CT molecular complexity index is 358. The molecule has 1 aromatic rings. The van der Waals surface area contributed by atoms with E-state index in [1.54, 1.807) is 0 Å². The van der Waals surface area contributed by atoms with Gasteiger partial charge in [-0.25, -0.2) is 0 Å². The molecular formula is C15H22N2O. The Kier molecular flexibility index (Phi) is 4.90. The molecule has 98 valence electrons. The summed E-state index contributed by atoms with van der Waals surface area (Å²) in [4.78, 5) is 15.5. The SMILES string of the molecule is CC(C=O)CN1CCN(Cc2ccccc2)CC1. The van der Waals surface area contributed by atoms with Crippen molar-refractivity contribution in [2.75, 3.05) is 32.7 Å². The third-order valence-corrected chi connectivity index (χ3v) is 3.49. The van der Waals surface area contributed by atoms with Crippen molar-refractivity contribution in [2.45, 2.75) is 13.5 Å². The fraction of sp³-hybridized carbons (Fsp3) is 0.533. The Labute approximate surface area is 109 Å². The molecule has 0 bridgehead atoms. The first-order valence-electron chi connectivity index (χ1n) is 6.72. The van der Waals surface area contributed by atoms with E-state index in [0.29, 0.717) is 0 Å². The third kappa shape index (κ3) is 3.93. The number of piperazine rings is 1. The zero-order chi connectivity index (χ0) is 12.8. The average Bonchev–Trinajstić information content (AvgIpc) is 2.42. The molecule has 3 nitrogen and oxygen atoms in total. The van der Waals surface area contributed by atoms with Crippen LogP contribution in [0.5, 0.6) is 0 Å². The summed E-state index contributed by atoms with van der Waals surface area (Å²) in [6, 6.07) is 10.6. The lowest BCUT2D eigenvalue weighted by Gasteiger charge is -2.35. The van der Waals surface area contributed by atoms with Gasteiger partial charge < -0.3 is 9.69 Å². The third-order valence-electron chi connectivity index (χ3n) is 3.49. The number of carbonyl (C=O) groups excluding carboxylic acids is 1. The number of rotatable bonds is 5. The number of carbonyl (C=O) groups is 1. The number of benzene rings is 1. The lowest BCUT2D eigenvalue weighted by atomic mass is 10.1. The van der Waals surface area contributed by atoms with Crippen molar-refractivity contribution in [3.05, 3.63) is 35.9 Å². The average molecular weight is 246 g/mol. The van der Waals surface area contributed by atoms with E-state index in [1.165, 1.54) is 5.56 Å². The van der Waals surface area contributed by atoms with Crippen molar-refractivity contribution in [2.24, 2.45) is 5.92 Å². The van der Waals surface area contributed by atoms with Crippen LogP contribution in [0.3, 0.4) is 0 Å². The van der Waals surface area contributed by atoms with Crippen LogP contribution in [0, 0.1) is 5.92 Å². The summed E-state index contributed by atoms with van der Waals surface area (Å²) < 4.78 is 0. The van der Waals surface area contributed by atoms with Crippen LogP contribution in [0.2, 0.25) is 0 Å². The van der Waals surface area contributed by atoms with Gasteiger partial charge in [-0.15, -0.1) is 0 Å². The Morgan fingerprint density at radius 1 is 1.11 bits per heavy atom. The lowest BCUT2D eigenvalue weighted by molar-refractivity contribution is -0.111. The van der Waals surface area contributed by atoms with Crippen LogP contribution in [0.4, 0.5) is 0 Å². The normalized spacial score (nSPS) is 19.6. The molecule has 1 heterocycles. The van der Waals surface area contributed by atoms with Crippen LogP contribution in [0.1, 0.15) is 12.5 Å². The number of hydrogen-bond donors (Lipinski definition) is 0. The molecule has 18 heavy (non-hydrogen) atoms. The minimum atomic E-state index is 0.158. The van der Waals surface area contributed by atoms with Crippen molar-refractivity contribution in [1.82, 2.24) is 9.80 Å². The molecule has 0 spiro atoms. The molecule has 1 aromatic carbocycles. The summed E-state index contributed by atoms with van der Waals surface area (Å²) in [5, 5.41) is 0. The standard InChI is InChI=1S/C15H22N2O/c1-14(13-18)11-16-7-9-17(10-8-16)12-15-5-3-2-4-6-15/h2-6,13-14H,7-12H2,1H3. The van der Waals surface area contributed by atoms with E-state index < -0.39 is 0 Å². The molecule has 0 aromatic heterocycles. The van der Waals surface area contributed by atoms with E-state index in [-0.39, 0.29) is 5.92 Å². The molecule has 2 rings (SSSR count). The number of hydrogen-bond acceptors (Lipinski definition) is 3. The maximum absolute atomic E-state index is 10.6. The molecular weight excluding hydrogens is 224 g/mol. The number of nitrogens with zero attached hydrogens (tertiary/aromatic N) is 2. The second-order valence-corrected chi connectivity index (χ2v) is 5.18. The van der Waals surface area contributed by atoms with Crippen molar-refractivity contribution >= 4 is 6.29 Å². The van der Waals surface area contributed by atoms with Gasteiger partial charge in [0.25, 0.3) is 0 Å². The summed E-state index contributed by atoms with van der Waals surface area (Å²) in [5.41, 5.74) is 1.38. The molecule has 0 saturated carbocycles. The summed E-state index contributed by atoms with van der Waals surface area (Å²) in [6.07, 6.45) is 1.05. The molecule has 1 unspecified atom stereocenters. The van der Waals surface area contributed by atoms with Crippen molar-refractivity contribution in [3.63, 3.8) is 0 Å². The zero-order valence-corrected chi connectivity index (χ0v) is 11.1. The zero-order valence-electron chi connectivity index (χ0n) is 11.1. The molecule has 3 heteroatoms. The molecule has 1 fully saturated rings. The number of aldehydes is 1. The van der Waals surface area contributed by atoms with Gasteiger partial charge in [-0.3, -0.25) is 4.90 Å². The second kappa shape index (κ2) is 6.66. The van der Waals surface area contributed by atoms with Crippen LogP contribution in [-0.2, 0) is 11.3 Å². The highest BCUT2D eigenvalue weighted by molar-refractivity contribution is 5.53. The van der Waals surface area contributed by atoms with Gasteiger partial charge in [0.2, 0.25) is 0 Å². The molecule has 1 aliphatic heterocycles. The van der Waals surface area contributed by atoms with E-state index in [1.807, 2.05) is 6.92 Å². The highest BCUT2D eigenvalue weighted by atomic mass is 16.1. The first-order valence-corrected chi connectivity index (χ1v) is 6.72. The Balaban J connectivity index is 1.75. The van der Waals surface area contributed by atoms with Crippen LogP contribution in [-0.4, -0.2) is 48.8 Å². The summed E-state index contributed by atoms with van der Waals surface area (Å²) in [5.74, 6) is 0.158.